The highest BCUT2D eigenvalue weighted by atomic mass is 19.1. The van der Waals surface area contributed by atoms with Gasteiger partial charge in [-0.25, -0.2) is 9.07 Å². The largest absolute Gasteiger partial charge is 0.472 e. The van der Waals surface area contributed by atoms with E-state index in [2.05, 4.69) is 5.10 Å². The summed E-state index contributed by atoms with van der Waals surface area (Å²) in [6, 6.07) is 0. The minimum absolute atomic E-state index is 0.0283. The van der Waals surface area contributed by atoms with Gasteiger partial charge < -0.3 is 10.2 Å². The van der Waals surface area contributed by atoms with Crippen molar-refractivity contribution in [2.45, 2.75) is 6.92 Å². The maximum Gasteiger partial charge on any atom is 0.192 e. The average molecular weight is 195 g/mol. The number of furan rings is 1. The third kappa shape index (κ3) is 1.09. The number of nitrogens with zero attached hydrogens (tertiary/aromatic N) is 2. The van der Waals surface area contributed by atoms with Crippen LogP contribution in [0.4, 0.5) is 10.2 Å². The van der Waals surface area contributed by atoms with E-state index in [4.69, 9.17) is 10.2 Å². The third-order valence-electron chi connectivity index (χ3n) is 2.14. The average Bonchev–Trinajstić information content (AvgIpc) is 2.66. The molecule has 0 unspecified atom stereocenters. The van der Waals surface area contributed by atoms with E-state index in [1.807, 2.05) is 6.92 Å². The Morgan fingerprint density at radius 1 is 1.50 bits per heavy atom. The number of halogens is 1. The summed E-state index contributed by atoms with van der Waals surface area (Å²) in [4.78, 5) is 0. The minimum Gasteiger partial charge on any atom is -0.472 e. The van der Waals surface area contributed by atoms with Gasteiger partial charge in [0, 0.05) is 12.6 Å². The van der Waals surface area contributed by atoms with E-state index in [0.29, 0.717) is 5.56 Å². The molecule has 0 aliphatic carbocycles. The highest BCUT2D eigenvalue weighted by molar-refractivity contribution is 5.65. The first-order valence-electron chi connectivity index (χ1n) is 4.12. The molecule has 0 amide bonds. The van der Waals surface area contributed by atoms with Crippen molar-refractivity contribution < 1.29 is 8.81 Å². The summed E-state index contributed by atoms with van der Waals surface area (Å²) >= 11 is 0. The summed E-state index contributed by atoms with van der Waals surface area (Å²) in [6.45, 7) is 1.82. The first-order chi connectivity index (χ1) is 6.61. The fourth-order valence-electron chi connectivity index (χ4n) is 1.29. The lowest BCUT2D eigenvalue weighted by molar-refractivity contribution is 0.565. The molecule has 0 spiro atoms. The van der Waals surface area contributed by atoms with Crippen LogP contribution in [0.15, 0.2) is 16.9 Å². The number of aromatic nitrogens is 2. The van der Waals surface area contributed by atoms with Crippen LogP contribution >= 0.6 is 0 Å². The van der Waals surface area contributed by atoms with E-state index in [0.717, 1.165) is 5.56 Å². The molecule has 2 aromatic rings. The normalized spacial score (nSPS) is 10.8. The monoisotopic (exact) mass is 195 g/mol. The smallest absolute Gasteiger partial charge is 0.192 e. The van der Waals surface area contributed by atoms with Crippen molar-refractivity contribution in [3.05, 3.63) is 23.9 Å². The van der Waals surface area contributed by atoms with Gasteiger partial charge in [0.1, 0.15) is 12.0 Å². The van der Waals surface area contributed by atoms with Crippen LogP contribution in [0, 0.1) is 12.7 Å². The van der Waals surface area contributed by atoms with Crippen LogP contribution in [0.2, 0.25) is 0 Å². The molecule has 0 bridgehead atoms. The molecule has 0 aliphatic rings. The van der Waals surface area contributed by atoms with Crippen LogP contribution in [-0.2, 0) is 7.05 Å². The van der Waals surface area contributed by atoms with E-state index in [1.54, 1.807) is 13.3 Å². The molecule has 74 valence electrons. The molecular weight excluding hydrogens is 185 g/mol. The molecule has 0 aromatic carbocycles. The Bertz CT molecular complexity index is 472. The quantitative estimate of drug-likeness (QED) is 0.753. The van der Waals surface area contributed by atoms with Gasteiger partial charge in [-0.05, 0) is 12.5 Å². The first kappa shape index (κ1) is 8.80. The molecule has 2 heterocycles. The molecule has 0 saturated heterocycles. The highest BCUT2D eigenvalue weighted by Gasteiger charge is 2.17. The van der Waals surface area contributed by atoms with E-state index < -0.39 is 5.82 Å². The number of nitrogen functional groups attached to an aromatic ring is 1. The fraction of sp³-hybridized carbons (Fsp3) is 0.222. The van der Waals surface area contributed by atoms with Gasteiger partial charge in [-0.2, -0.15) is 5.10 Å². The van der Waals surface area contributed by atoms with Crippen molar-refractivity contribution in [3.63, 3.8) is 0 Å². The summed E-state index contributed by atoms with van der Waals surface area (Å²) in [5, 5.41) is 3.97. The molecule has 0 atom stereocenters. The van der Waals surface area contributed by atoms with Crippen LogP contribution in [0.3, 0.4) is 0 Å². The van der Waals surface area contributed by atoms with Gasteiger partial charge >= 0.3 is 0 Å². The molecule has 0 radical (unpaired) electrons. The Labute approximate surface area is 80.1 Å². The lowest BCUT2D eigenvalue weighted by Gasteiger charge is -1.91. The van der Waals surface area contributed by atoms with E-state index in [9.17, 15) is 4.39 Å². The molecule has 2 aromatic heterocycles. The Balaban J connectivity index is 2.63. The number of aryl methyl sites for hydroxylation is 2. The summed E-state index contributed by atoms with van der Waals surface area (Å²) in [6.07, 6.45) is 3.00. The number of hydrogen-bond donors (Lipinski definition) is 1. The van der Waals surface area contributed by atoms with Crippen molar-refractivity contribution in [1.29, 1.82) is 0 Å². The van der Waals surface area contributed by atoms with Crippen molar-refractivity contribution in [3.8, 4) is 11.3 Å². The summed E-state index contributed by atoms with van der Waals surface area (Å²) < 4.78 is 19.8. The molecule has 0 saturated carbocycles. The summed E-state index contributed by atoms with van der Waals surface area (Å²) in [5.74, 6) is -0.474. The zero-order valence-corrected chi connectivity index (χ0v) is 7.91. The molecule has 2 rings (SSSR count). The Morgan fingerprint density at radius 3 is 2.64 bits per heavy atom. The maximum absolute atomic E-state index is 13.5. The second kappa shape index (κ2) is 2.87. The third-order valence-corrected chi connectivity index (χ3v) is 2.14. The Morgan fingerprint density at radius 2 is 2.21 bits per heavy atom. The topological polar surface area (TPSA) is 57.0 Å². The predicted octanol–water partition coefficient (Wildman–Crippen LogP) is 1.71. The molecule has 14 heavy (non-hydrogen) atoms. The molecule has 0 aliphatic heterocycles. The lowest BCUT2D eigenvalue weighted by Crippen LogP contribution is -1.97. The second-order valence-corrected chi connectivity index (χ2v) is 3.14. The molecule has 0 fully saturated rings. The minimum atomic E-state index is -0.503. The van der Waals surface area contributed by atoms with E-state index in [-0.39, 0.29) is 11.5 Å². The number of anilines is 1. The summed E-state index contributed by atoms with van der Waals surface area (Å²) in [5.41, 5.74) is 7.16. The Kier molecular flexibility index (Phi) is 1.80. The predicted molar refractivity (Wildman–Crippen MR) is 50.0 cm³/mol. The van der Waals surface area contributed by atoms with E-state index >= 15 is 0 Å². The van der Waals surface area contributed by atoms with E-state index in [1.165, 1.54) is 10.9 Å². The van der Waals surface area contributed by atoms with Crippen LogP contribution in [0.1, 0.15) is 5.56 Å². The van der Waals surface area contributed by atoms with Crippen LogP contribution in [0.25, 0.3) is 11.3 Å². The second-order valence-electron chi connectivity index (χ2n) is 3.14. The maximum atomic E-state index is 13.5. The van der Waals surface area contributed by atoms with Gasteiger partial charge in [0.05, 0.1) is 6.26 Å². The molecule has 4 nitrogen and oxygen atoms in total. The van der Waals surface area contributed by atoms with Crippen LogP contribution in [0.5, 0.6) is 0 Å². The van der Waals surface area contributed by atoms with Crippen LogP contribution < -0.4 is 5.73 Å². The fourth-order valence-corrected chi connectivity index (χ4v) is 1.29. The molecular formula is C9H10FN3O. The number of rotatable bonds is 1. The summed E-state index contributed by atoms with van der Waals surface area (Å²) in [7, 11) is 1.59. The van der Waals surface area contributed by atoms with Gasteiger partial charge in [0.25, 0.3) is 0 Å². The van der Waals surface area contributed by atoms with Gasteiger partial charge in [-0.1, -0.05) is 0 Å². The Hall–Kier alpha value is -1.78. The highest BCUT2D eigenvalue weighted by Crippen LogP contribution is 2.27. The van der Waals surface area contributed by atoms with Crippen molar-refractivity contribution >= 4 is 5.82 Å². The van der Waals surface area contributed by atoms with Gasteiger partial charge in [0.2, 0.25) is 0 Å². The van der Waals surface area contributed by atoms with Crippen molar-refractivity contribution in [2.24, 2.45) is 7.05 Å². The number of nitrogens with two attached hydrogens (primary N) is 1. The van der Waals surface area contributed by atoms with Gasteiger partial charge in [-0.3, -0.25) is 0 Å². The number of hydrogen-bond acceptors (Lipinski definition) is 3. The zero-order chi connectivity index (χ0) is 10.3. The zero-order valence-electron chi connectivity index (χ0n) is 7.91. The van der Waals surface area contributed by atoms with Crippen molar-refractivity contribution in [1.82, 2.24) is 9.78 Å². The van der Waals surface area contributed by atoms with Gasteiger partial charge in [-0.15, -0.1) is 0 Å². The van der Waals surface area contributed by atoms with Gasteiger partial charge in [0.15, 0.2) is 11.6 Å². The first-order valence-corrected chi connectivity index (χ1v) is 4.12. The SMILES string of the molecule is Cc1cocc1-c1nn(C)c(N)c1F. The van der Waals surface area contributed by atoms with Crippen LogP contribution in [-0.4, -0.2) is 9.78 Å². The standard InChI is InChI=1S/C9H10FN3O/c1-5-3-14-4-6(5)8-7(10)9(11)13(2)12-8/h3-4H,11H2,1-2H3. The van der Waals surface area contributed by atoms with Crippen molar-refractivity contribution in [2.75, 3.05) is 5.73 Å². The lowest BCUT2D eigenvalue weighted by atomic mass is 10.1. The molecule has 5 heteroatoms. The molecule has 2 N–H and O–H groups in total.